The summed E-state index contributed by atoms with van der Waals surface area (Å²) in [5.41, 5.74) is 1.25. The highest BCUT2D eigenvalue weighted by atomic mass is 35.5. The Balaban J connectivity index is 1.92. The van der Waals surface area contributed by atoms with Gasteiger partial charge >= 0.3 is 0 Å². The number of ether oxygens (including phenoxy) is 1. The molecule has 2 aromatic rings. The predicted molar refractivity (Wildman–Crippen MR) is 92.7 cm³/mol. The van der Waals surface area contributed by atoms with Crippen LogP contribution in [0, 0.1) is 0 Å². The fourth-order valence-corrected chi connectivity index (χ4v) is 2.08. The second kappa shape index (κ2) is 7.77. The Morgan fingerprint density at radius 1 is 1.14 bits per heavy atom. The number of rotatable bonds is 4. The van der Waals surface area contributed by atoms with Crippen LogP contribution in [0.2, 0.25) is 5.02 Å². The minimum absolute atomic E-state index is 0.226. The van der Waals surface area contributed by atoms with Crippen molar-refractivity contribution in [1.29, 1.82) is 0 Å². The lowest BCUT2D eigenvalue weighted by atomic mass is 10.2. The smallest absolute Gasteiger partial charge is 0.257 e. The predicted octanol–water partition coefficient (Wildman–Crippen LogP) is 3.87. The molecule has 0 saturated carbocycles. The third kappa shape index (κ3) is 4.72. The first-order chi connectivity index (χ1) is 10.6. The molecule has 1 amide bonds. The number of thiocarbonyl (C=S) groups is 1. The van der Waals surface area contributed by atoms with Crippen molar-refractivity contribution in [2.24, 2.45) is 0 Å². The van der Waals surface area contributed by atoms with Crippen LogP contribution < -0.4 is 15.4 Å². The second-order valence-corrected chi connectivity index (χ2v) is 5.22. The molecule has 6 heteroatoms. The lowest BCUT2D eigenvalue weighted by Gasteiger charge is -2.10. The maximum atomic E-state index is 12.0. The zero-order chi connectivity index (χ0) is 15.9. The van der Waals surface area contributed by atoms with Crippen LogP contribution in [-0.2, 0) is 0 Å². The van der Waals surface area contributed by atoms with Gasteiger partial charge in [-0.2, -0.15) is 0 Å². The highest BCUT2D eigenvalue weighted by Crippen LogP contribution is 2.15. The van der Waals surface area contributed by atoms with E-state index < -0.39 is 0 Å². The number of nitrogens with one attached hydrogen (secondary N) is 2. The average molecular weight is 335 g/mol. The van der Waals surface area contributed by atoms with Crippen molar-refractivity contribution in [2.75, 3.05) is 11.9 Å². The molecule has 0 aliphatic heterocycles. The fourth-order valence-electron chi connectivity index (χ4n) is 1.74. The number of hydrogen-bond donors (Lipinski definition) is 2. The van der Waals surface area contributed by atoms with Crippen molar-refractivity contribution in [3.63, 3.8) is 0 Å². The Morgan fingerprint density at radius 3 is 2.36 bits per heavy atom. The van der Waals surface area contributed by atoms with E-state index in [4.69, 9.17) is 28.6 Å². The third-order valence-corrected chi connectivity index (χ3v) is 3.21. The van der Waals surface area contributed by atoms with Crippen LogP contribution in [0.25, 0.3) is 0 Å². The highest BCUT2D eigenvalue weighted by Gasteiger charge is 2.07. The molecule has 2 aromatic carbocycles. The van der Waals surface area contributed by atoms with E-state index in [0.29, 0.717) is 17.2 Å². The van der Waals surface area contributed by atoms with Crippen LogP contribution in [0.4, 0.5) is 5.69 Å². The maximum absolute atomic E-state index is 12.0. The SMILES string of the molecule is CCOc1ccc(NC(=S)NC(=O)c2ccc(Cl)cc2)cc1. The second-order valence-electron chi connectivity index (χ2n) is 4.37. The van der Waals surface area contributed by atoms with E-state index in [1.54, 1.807) is 24.3 Å². The standard InChI is InChI=1S/C16H15ClN2O2S/c1-2-21-14-9-7-13(8-10-14)18-16(22)19-15(20)11-3-5-12(17)6-4-11/h3-10H,2H2,1H3,(H2,18,19,20,22). The lowest BCUT2D eigenvalue weighted by Crippen LogP contribution is -2.34. The Labute approximate surface area is 139 Å². The molecule has 2 N–H and O–H groups in total. The van der Waals surface area contributed by atoms with Crippen LogP contribution in [0.5, 0.6) is 5.75 Å². The van der Waals surface area contributed by atoms with Crippen molar-refractivity contribution in [3.05, 3.63) is 59.1 Å². The number of carbonyl (C=O) groups excluding carboxylic acids is 1. The molecule has 22 heavy (non-hydrogen) atoms. The van der Waals surface area contributed by atoms with Gasteiger partial charge in [-0.25, -0.2) is 0 Å². The van der Waals surface area contributed by atoms with Gasteiger partial charge in [0.25, 0.3) is 5.91 Å². The van der Waals surface area contributed by atoms with Crippen LogP contribution in [-0.4, -0.2) is 17.6 Å². The van der Waals surface area contributed by atoms with E-state index in [0.717, 1.165) is 11.4 Å². The summed E-state index contributed by atoms with van der Waals surface area (Å²) in [6, 6.07) is 13.9. The van der Waals surface area contributed by atoms with Gasteiger partial charge in [0, 0.05) is 16.3 Å². The topological polar surface area (TPSA) is 50.4 Å². The van der Waals surface area contributed by atoms with E-state index in [1.807, 2.05) is 31.2 Å². The summed E-state index contributed by atoms with van der Waals surface area (Å²) in [6.45, 7) is 2.54. The molecule has 0 spiro atoms. The Kier molecular flexibility index (Phi) is 5.75. The monoisotopic (exact) mass is 334 g/mol. The lowest BCUT2D eigenvalue weighted by molar-refractivity contribution is 0.0978. The van der Waals surface area contributed by atoms with Gasteiger partial charge in [0.2, 0.25) is 0 Å². The summed E-state index contributed by atoms with van der Waals surface area (Å²) in [7, 11) is 0. The van der Waals surface area contributed by atoms with Crippen molar-refractivity contribution < 1.29 is 9.53 Å². The van der Waals surface area contributed by atoms with Crippen LogP contribution in [0.3, 0.4) is 0 Å². The Bertz CT molecular complexity index is 657. The molecule has 0 fully saturated rings. The van der Waals surface area contributed by atoms with Crippen LogP contribution in [0.1, 0.15) is 17.3 Å². The van der Waals surface area contributed by atoms with Crippen LogP contribution in [0.15, 0.2) is 48.5 Å². The maximum Gasteiger partial charge on any atom is 0.257 e. The van der Waals surface area contributed by atoms with E-state index >= 15 is 0 Å². The highest BCUT2D eigenvalue weighted by molar-refractivity contribution is 7.80. The quantitative estimate of drug-likeness (QED) is 0.833. The molecule has 4 nitrogen and oxygen atoms in total. The molecule has 2 rings (SSSR count). The first-order valence-corrected chi connectivity index (χ1v) is 7.48. The van der Waals surface area contributed by atoms with E-state index in [9.17, 15) is 4.79 Å². The molecule has 0 aliphatic carbocycles. The van der Waals surface area contributed by atoms with Gasteiger partial charge in [-0.3, -0.25) is 10.1 Å². The fraction of sp³-hybridized carbons (Fsp3) is 0.125. The zero-order valence-corrected chi connectivity index (χ0v) is 13.5. The first-order valence-electron chi connectivity index (χ1n) is 6.69. The minimum atomic E-state index is -0.292. The molecular weight excluding hydrogens is 320 g/mol. The molecule has 0 bridgehead atoms. The normalized spacial score (nSPS) is 9.91. The zero-order valence-electron chi connectivity index (χ0n) is 11.9. The van der Waals surface area contributed by atoms with Crippen LogP contribution >= 0.6 is 23.8 Å². The van der Waals surface area contributed by atoms with Gasteiger partial charge in [-0.05, 0) is 67.7 Å². The summed E-state index contributed by atoms with van der Waals surface area (Å²) in [5.74, 6) is 0.490. The van der Waals surface area contributed by atoms with Crippen molar-refractivity contribution in [1.82, 2.24) is 5.32 Å². The average Bonchev–Trinajstić information content (AvgIpc) is 2.50. The van der Waals surface area contributed by atoms with Gasteiger partial charge in [-0.15, -0.1) is 0 Å². The van der Waals surface area contributed by atoms with Crippen molar-refractivity contribution in [2.45, 2.75) is 6.92 Å². The first kappa shape index (κ1) is 16.3. The summed E-state index contributed by atoms with van der Waals surface area (Å²) in [6.07, 6.45) is 0. The Morgan fingerprint density at radius 2 is 1.77 bits per heavy atom. The number of carbonyl (C=O) groups is 1. The summed E-state index contributed by atoms with van der Waals surface area (Å²) in [4.78, 5) is 12.0. The molecule has 0 aliphatic rings. The molecule has 0 aromatic heterocycles. The molecule has 0 unspecified atom stereocenters. The van der Waals surface area contributed by atoms with E-state index in [1.165, 1.54) is 0 Å². The van der Waals surface area contributed by atoms with E-state index in [-0.39, 0.29) is 11.0 Å². The molecule has 0 saturated heterocycles. The van der Waals surface area contributed by atoms with Gasteiger partial charge in [0.05, 0.1) is 6.61 Å². The molecule has 0 heterocycles. The number of anilines is 1. The van der Waals surface area contributed by atoms with E-state index in [2.05, 4.69) is 10.6 Å². The summed E-state index contributed by atoms with van der Waals surface area (Å²) in [5, 5.41) is 6.35. The Hall–Kier alpha value is -2.11. The summed E-state index contributed by atoms with van der Waals surface area (Å²) < 4.78 is 5.36. The molecule has 114 valence electrons. The number of amides is 1. The number of benzene rings is 2. The minimum Gasteiger partial charge on any atom is -0.494 e. The van der Waals surface area contributed by atoms with Gasteiger partial charge < -0.3 is 10.1 Å². The van der Waals surface area contributed by atoms with Crippen molar-refractivity contribution >= 4 is 40.5 Å². The van der Waals surface area contributed by atoms with Gasteiger partial charge in [0.1, 0.15) is 5.75 Å². The largest absolute Gasteiger partial charge is 0.494 e. The molecular formula is C16H15ClN2O2S. The van der Waals surface area contributed by atoms with Gasteiger partial charge in [0.15, 0.2) is 5.11 Å². The molecule has 0 radical (unpaired) electrons. The summed E-state index contributed by atoms with van der Waals surface area (Å²) >= 11 is 10.9. The third-order valence-electron chi connectivity index (χ3n) is 2.76. The number of halogens is 1. The molecule has 0 atom stereocenters. The van der Waals surface area contributed by atoms with Crippen molar-refractivity contribution in [3.8, 4) is 5.75 Å². The van der Waals surface area contributed by atoms with Gasteiger partial charge in [-0.1, -0.05) is 11.6 Å². The number of hydrogen-bond acceptors (Lipinski definition) is 3.